The van der Waals surface area contributed by atoms with Gasteiger partial charge >= 0.3 is 0 Å². The van der Waals surface area contributed by atoms with Crippen LogP contribution >= 0.6 is 0 Å². The van der Waals surface area contributed by atoms with E-state index < -0.39 is 0 Å². The molecule has 0 saturated heterocycles. The zero-order chi connectivity index (χ0) is 12.1. The summed E-state index contributed by atoms with van der Waals surface area (Å²) in [6.07, 6.45) is 10.1. The van der Waals surface area contributed by atoms with Crippen LogP contribution in [0.1, 0.15) is 58.8 Å². The van der Waals surface area contributed by atoms with Crippen molar-refractivity contribution in [3.63, 3.8) is 0 Å². The summed E-state index contributed by atoms with van der Waals surface area (Å²) in [6, 6.07) is 0.627. The van der Waals surface area contributed by atoms with Crippen LogP contribution in [0.2, 0.25) is 0 Å². The number of ether oxygens (including phenoxy) is 1. The van der Waals surface area contributed by atoms with E-state index in [-0.39, 0.29) is 0 Å². The van der Waals surface area contributed by atoms with Crippen LogP contribution in [0.5, 0.6) is 0 Å². The molecule has 3 unspecified atom stereocenters. The van der Waals surface area contributed by atoms with Gasteiger partial charge in [-0.2, -0.15) is 0 Å². The van der Waals surface area contributed by atoms with Gasteiger partial charge in [-0.05, 0) is 44.1 Å². The molecular formula is C15H29NO. The standard InChI is InChI=1S/C15H29NO/c1-3-12-6-5-7-14(10-12)17-11-15(16-4-2)13-8-9-13/h12-16H,3-11H2,1-2H3. The Balaban J connectivity index is 1.68. The van der Waals surface area contributed by atoms with Crippen LogP contribution < -0.4 is 5.32 Å². The van der Waals surface area contributed by atoms with Crippen molar-refractivity contribution >= 4 is 0 Å². The molecular weight excluding hydrogens is 210 g/mol. The molecule has 0 aliphatic heterocycles. The van der Waals surface area contributed by atoms with E-state index in [0.29, 0.717) is 12.1 Å². The molecule has 1 N–H and O–H groups in total. The molecule has 0 amide bonds. The Hall–Kier alpha value is -0.0800. The molecule has 2 rings (SSSR count). The van der Waals surface area contributed by atoms with Crippen molar-refractivity contribution in [1.82, 2.24) is 5.32 Å². The molecule has 2 saturated carbocycles. The monoisotopic (exact) mass is 239 g/mol. The highest BCUT2D eigenvalue weighted by Crippen LogP contribution is 2.34. The van der Waals surface area contributed by atoms with Gasteiger partial charge in [-0.3, -0.25) is 0 Å². The van der Waals surface area contributed by atoms with E-state index in [2.05, 4.69) is 19.2 Å². The predicted molar refractivity (Wildman–Crippen MR) is 72.2 cm³/mol. The Morgan fingerprint density at radius 1 is 1.18 bits per heavy atom. The zero-order valence-electron chi connectivity index (χ0n) is 11.6. The maximum atomic E-state index is 6.17. The molecule has 2 aliphatic rings. The van der Waals surface area contributed by atoms with Crippen molar-refractivity contribution in [1.29, 1.82) is 0 Å². The van der Waals surface area contributed by atoms with Crippen LogP contribution in [0.15, 0.2) is 0 Å². The van der Waals surface area contributed by atoms with Crippen LogP contribution in [0, 0.1) is 11.8 Å². The van der Waals surface area contributed by atoms with Crippen LogP contribution in [0.4, 0.5) is 0 Å². The van der Waals surface area contributed by atoms with Gasteiger partial charge in [0, 0.05) is 6.04 Å². The highest BCUT2D eigenvalue weighted by molar-refractivity contribution is 4.86. The van der Waals surface area contributed by atoms with Crippen molar-refractivity contribution in [2.75, 3.05) is 13.2 Å². The molecule has 0 spiro atoms. The summed E-state index contributed by atoms with van der Waals surface area (Å²) in [4.78, 5) is 0. The summed E-state index contributed by atoms with van der Waals surface area (Å²) >= 11 is 0. The first-order chi connectivity index (χ1) is 8.33. The second-order valence-electron chi connectivity index (χ2n) is 5.90. The topological polar surface area (TPSA) is 21.3 Å². The molecule has 2 nitrogen and oxygen atoms in total. The summed E-state index contributed by atoms with van der Waals surface area (Å²) in [7, 11) is 0. The maximum Gasteiger partial charge on any atom is 0.0626 e. The van der Waals surface area contributed by atoms with Gasteiger partial charge < -0.3 is 10.1 Å². The van der Waals surface area contributed by atoms with Gasteiger partial charge in [0.15, 0.2) is 0 Å². The average Bonchev–Trinajstić information content (AvgIpc) is 3.19. The molecule has 100 valence electrons. The quantitative estimate of drug-likeness (QED) is 0.735. The zero-order valence-corrected chi connectivity index (χ0v) is 11.6. The van der Waals surface area contributed by atoms with Crippen LogP contribution in [0.25, 0.3) is 0 Å². The third kappa shape index (κ3) is 4.26. The van der Waals surface area contributed by atoms with Gasteiger partial charge in [0.2, 0.25) is 0 Å². The largest absolute Gasteiger partial charge is 0.377 e. The molecule has 0 bridgehead atoms. The molecule has 2 heteroatoms. The third-order valence-electron chi connectivity index (χ3n) is 4.48. The summed E-state index contributed by atoms with van der Waals surface area (Å²) in [6.45, 7) is 6.54. The predicted octanol–water partition coefficient (Wildman–Crippen LogP) is 3.36. The van der Waals surface area contributed by atoms with Gasteiger partial charge in [-0.15, -0.1) is 0 Å². The van der Waals surface area contributed by atoms with Gasteiger partial charge in [-0.1, -0.05) is 33.1 Å². The fourth-order valence-corrected chi connectivity index (χ4v) is 3.13. The van der Waals surface area contributed by atoms with E-state index in [1.807, 2.05) is 0 Å². The van der Waals surface area contributed by atoms with Crippen molar-refractivity contribution in [2.24, 2.45) is 11.8 Å². The van der Waals surface area contributed by atoms with Crippen molar-refractivity contribution in [3.8, 4) is 0 Å². The van der Waals surface area contributed by atoms with E-state index in [9.17, 15) is 0 Å². The van der Waals surface area contributed by atoms with Gasteiger partial charge in [0.1, 0.15) is 0 Å². The minimum Gasteiger partial charge on any atom is -0.377 e. The molecule has 0 aromatic carbocycles. The van der Waals surface area contributed by atoms with E-state index in [1.54, 1.807) is 0 Å². The third-order valence-corrected chi connectivity index (χ3v) is 4.48. The van der Waals surface area contributed by atoms with E-state index >= 15 is 0 Å². The molecule has 0 aromatic heterocycles. The summed E-state index contributed by atoms with van der Waals surface area (Å²) < 4.78 is 6.17. The number of hydrogen-bond acceptors (Lipinski definition) is 2. The van der Waals surface area contributed by atoms with Crippen LogP contribution in [-0.2, 0) is 4.74 Å². The highest BCUT2D eigenvalue weighted by atomic mass is 16.5. The van der Waals surface area contributed by atoms with E-state index in [1.165, 1.54) is 44.9 Å². The lowest BCUT2D eigenvalue weighted by Crippen LogP contribution is -2.37. The first kappa shape index (κ1) is 13.4. The Kier molecular flexibility index (Phi) is 5.30. The van der Waals surface area contributed by atoms with Crippen LogP contribution in [0.3, 0.4) is 0 Å². The molecule has 17 heavy (non-hydrogen) atoms. The minimum atomic E-state index is 0.550. The molecule has 3 atom stereocenters. The van der Waals surface area contributed by atoms with Crippen molar-refractivity contribution < 1.29 is 4.74 Å². The lowest BCUT2D eigenvalue weighted by molar-refractivity contribution is -0.000918. The number of rotatable bonds is 7. The lowest BCUT2D eigenvalue weighted by Gasteiger charge is -2.30. The fraction of sp³-hybridized carbons (Fsp3) is 1.00. The summed E-state index contributed by atoms with van der Waals surface area (Å²) in [5, 5.41) is 3.58. The van der Waals surface area contributed by atoms with Gasteiger partial charge in [0.25, 0.3) is 0 Å². The lowest BCUT2D eigenvalue weighted by atomic mass is 9.85. The molecule has 0 heterocycles. The van der Waals surface area contributed by atoms with Gasteiger partial charge in [-0.25, -0.2) is 0 Å². The first-order valence-corrected chi connectivity index (χ1v) is 7.68. The Morgan fingerprint density at radius 3 is 2.65 bits per heavy atom. The fourth-order valence-electron chi connectivity index (χ4n) is 3.13. The number of hydrogen-bond donors (Lipinski definition) is 1. The summed E-state index contributed by atoms with van der Waals surface area (Å²) in [5.74, 6) is 1.83. The molecule has 2 fully saturated rings. The smallest absolute Gasteiger partial charge is 0.0626 e. The van der Waals surface area contributed by atoms with E-state index in [0.717, 1.165) is 25.0 Å². The van der Waals surface area contributed by atoms with E-state index in [4.69, 9.17) is 4.74 Å². The second kappa shape index (κ2) is 6.75. The van der Waals surface area contributed by atoms with Crippen LogP contribution in [-0.4, -0.2) is 25.3 Å². The Bertz CT molecular complexity index is 215. The Morgan fingerprint density at radius 2 is 2.00 bits per heavy atom. The molecule has 0 radical (unpaired) electrons. The second-order valence-corrected chi connectivity index (χ2v) is 5.90. The van der Waals surface area contributed by atoms with Crippen molar-refractivity contribution in [3.05, 3.63) is 0 Å². The normalized spacial score (nSPS) is 31.4. The molecule has 0 aromatic rings. The maximum absolute atomic E-state index is 6.17. The van der Waals surface area contributed by atoms with Crippen molar-refractivity contribution in [2.45, 2.75) is 70.9 Å². The SMILES string of the molecule is CCNC(COC1CCCC(CC)C1)C1CC1. The summed E-state index contributed by atoms with van der Waals surface area (Å²) in [5.41, 5.74) is 0. The average molecular weight is 239 g/mol. The number of likely N-dealkylation sites (N-methyl/N-ethyl adjacent to an activating group) is 1. The highest BCUT2D eigenvalue weighted by Gasteiger charge is 2.31. The number of nitrogens with one attached hydrogen (secondary N) is 1. The Labute approximate surface area is 107 Å². The minimum absolute atomic E-state index is 0.550. The molecule has 2 aliphatic carbocycles. The first-order valence-electron chi connectivity index (χ1n) is 7.68. The van der Waals surface area contributed by atoms with Gasteiger partial charge in [0.05, 0.1) is 12.7 Å².